The summed E-state index contributed by atoms with van der Waals surface area (Å²) in [6.45, 7) is 0. The molecule has 0 fully saturated rings. The summed E-state index contributed by atoms with van der Waals surface area (Å²) in [6, 6.07) is 8.28. The molecule has 0 aliphatic heterocycles. The molecule has 0 atom stereocenters. The first kappa shape index (κ1) is 14.7. The van der Waals surface area contributed by atoms with Crippen molar-refractivity contribution in [2.24, 2.45) is 0 Å². The summed E-state index contributed by atoms with van der Waals surface area (Å²) in [7, 11) is 0. The van der Waals surface area contributed by atoms with Crippen molar-refractivity contribution in [1.29, 1.82) is 0 Å². The maximum atomic E-state index is 12.0. The van der Waals surface area contributed by atoms with E-state index in [9.17, 15) is 18.0 Å². The van der Waals surface area contributed by atoms with Gasteiger partial charge < -0.3 is 14.3 Å². The van der Waals surface area contributed by atoms with E-state index in [2.05, 4.69) is 4.74 Å². The average molecular weight is 298 g/mol. The minimum atomic E-state index is -4.74. The molecule has 7 heteroatoms. The highest BCUT2D eigenvalue weighted by molar-refractivity contribution is 5.84. The van der Waals surface area contributed by atoms with Crippen molar-refractivity contribution in [2.45, 2.75) is 6.36 Å². The second kappa shape index (κ2) is 5.74. The van der Waals surface area contributed by atoms with Crippen molar-refractivity contribution in [3.63, 3.8) is 0 Å². The summed E-state index contributed by atoms with van der Waals surface area (Å²) in [5.74, 6) is -0.716. The van der Waals surface area contributed by atoms with E-state index in [0.717, 1.165) is 18.2 Å². The van der Waals surface area contributed by atoms with Crippen LogP contribution in [0.2, 0.25) is 0 Å². The van der Waals surface area contributed by atoms with Crippen molar-refractivity contribution >= 4 is 12.0 Å². The Bertz CT molecular complexity index is 654. The van der Waals surface area contributed by atoms with Crippen LogP contribution in [0.15, 0.2) is 46.9 Å². The Morgan fingerprint density at radius 1 is 1.14 bits per heavy atom. The highest BCUT2D eigenvalue weighted by Gasteiger charge is 2.30. The third kappa shape index (κ3) is 4.41. The minimum absolute atomic E-state index is 0.322. The monoisotopic (exact) mass is 298 g/mol. The third-order valence-corrected chi connectivity index (χ3v) is 2.39. The summed E-state index contributed by atoms with van der Waals surface area (Å²) in [5, 5.41) is 8.49. The average Bonchev–Trinajstić information content (AvgIpc) is 2.84. The zero-order valence-corrected chi connectivity index (χ0v) is 10.4. The predicted molar refractivity (Wildman–Crippen MR) is 67.5 cm³/mol. The number of alkyl halides is 3. The molecule has 2 aromatic rings. The molecule has 0 bridgehead atoms. The van der Waals surface area contributed by atoms with Crippen molar-refractivity contribution in [3.05, 3.63) is 48.2 Å². The lowest BCUT2D eigenvalue weighted by atomic mass is 10.2. The van der Waals surface area contributed by atoms with Gasteiger partial charge >= 0.3 is 12.3 Å². The van der Waals surface area contributed by atoms with Gasteiger partial charge in [0.25, 0.3) is 0 Å². The number of benzene rings is 1. The number of aliphatic carboxylic acids is 1. The second-order valence-electron chi connectivity index (χ2n) is 3.95. The molecule has 21 heavy (non-hydrogen) atoms. The molecule has 0 saturated heterocycles. The molecule has 0 saturated carbocycles. The molecule has 2 rings (SSSR count). The molecule has 0 aliphatic carbocycles. The fraction of sp³-hybridized carbons (Fsp3) is 0.0714. The molecule has 1 N–H and O–H groups in total. The highest BCUT2D eigenvalue weighted by atomic mass is 19.4. The molecular weight excluding hydrogens is 289 g/mol. The van der Waals surface area contributed by atoms with Gasteiger partial charge in [0.15, 0.2) is 0 Å². The van der Waals surface area contributed by atoms with Gasteiger partial charge in [-0.2, -0.15) is 0 Å². The molecule has 4 nitrogen and oxygen atoms in total. The van der Waals surface area contributed by atoms with Crippen LogP contribution >= 0.6 is 0 Å². The normalized spacial score (nSPS) is 11.8. The van der Waals surface area contributed by atoms with E-state index in [-0.39, 0.29) is 5.75 Å². The van der Waals surface area contributed by atoms with Crippen LogP contribution in [0.3, 0.4) is 0 Å². The number of carboxylic acids is 1. The third-order valence-electron chi connectivity index (χ3n) is 2.39. The van der Waals surface area contributed by atoms with Gasteiger partial charge in [-0.15, -0.1) is 13.2 Å². The molecule has 0 spiro atoms. The first-order valence-electron chi connectivity index (χ1n) is 5.70. The van der Waals surface area contributed by atoms with Crippen LogP contribution in [0.25, 0.3) is 17.4 Å². The number of hydrogen-bond acceptors (Lipinski definition) is 3. The molecule has 0 aliphatic rings. The van der Waals surface area contributed by atoms with E-state index in [1.165, 1.54) is 18.2 Å². The number of ether oxygens (including phenoxy) is 1. The highest BCUT2D eigenvalue weighted by Crippen LogP contribution is 2.27. The number of halogens is 3. The molecule has 0 amide bonds. The lowest BCUT2D eigenvalue weighted by Gasteiger charge is -2.08. The van der Waals surface area contributed by atoms with Gasteiger partial charge in [0.05, 0.1) is 0 Å². The standard InChI is InChI=1S/C14H9F3O4/c15-14(16,17)21-11-3-1-9(2-4-11)12-7-5-10(20-12)6-8-13(18)19/h1-8H,(H,18,19)/b8-6+. The van der Waals surface area contributed by atoms with Gasteiger partial charge in [-0.3, -0.25) is 0 Å². The number of carbonyl (C=O) groups is 1. The zero-order valence-electron chi connectivity index (χ0n) is 10.4. The van der Waals surface area contributed by atoms with E-state index in [4.69, 9.17) is 9.52 Å². The van der Waals surface area contributed by atoms with Crippen LogP contribution in [-0.4, -0.2) is 17.4 Å². The van der Waals surface area contributed by atoms with Crippen molar-refractivity contribution < 1.29 is 32.2 Å². The Morgan fingerprint density at radius 3 is 2.38 bits per heavy atom. The lowest BCUT2D eigenvalue weighted by Crippen LogP contribution is -2.16. The lowest BCUT2D eigenvalue weighted by molar-refractivity contribution is -0.274. The van der Waals surface area contributed by atoms with Crippen LogP contribution in [-0.2, 0) is 4.79 Å². The van der Waals surface area contributed by atoms with Crippen LogP contribution in [0, 0.1) is 0 Å². The fourth-order valence-electron chi connectivity index (χ4n) is 1.57. The van der Waals surface area contributed by atoms with Crippen LogP contribution in [0.5, 0.6) is 5.75 Å². The summed E-state index contributed by atoms with van der Waals surface area (Å²) in [5.41, 5.74) is 0.541. The molecule has 0 unspecified atom stereocenters. The second-order valence-corrected chi connectivity index (χ2v) is 3.95. The molecule has 1 heterocycles. The van der Waals surface area contributed by atoms with Gasteiger partial charge in [0.2, 0.25) is 0 Å². The summed E-state index contributed by atoms with van der Waals surface area (Å²) >= 11 is 0. The maximum absolute atomic E-state index is 12.0. The van der Waals surface area contributed by atoms with E-state index < -0.39 is 12.3 Å². The number of hydrogen-bond donors (Lipinski definition) is 1. The van der Waals surface area contributed by atoms with Gasteiger partial charge in [-0.05, 0) is 42.5 Å². The van der Waals surface area contributed by atoms with E-state index in [1.807, 2.05) is 0 Å². The number of rotatable bonds is 4. The predicted octanol–water partition coefficient (Wildman–Crippen LogP) is 3.94. The van der Waals surface area contributed by atoms with Gasteiger partial charge in [-0.1, -0.05) is 0 Å². The Labute approximate surface area is 117 Å². The number of carboxylic acid groups (broad SMARTS) is 1. The smallest absolute Gasteiger partial charge is 0.478 e. The number of furan rings is 1. The Kier molecular flexibility index (Phi) is 4.02. The van der Waals surface area contributed by atoms with Crippen molar-refractivity contribution in [1.82, 2.24) is 0 Å². The van der Waals surface area contributed by atoms with Crippen molar-refractivity contribution in [3.8, 4) is 17.1 Å². The van der Waals surface area contributed by atoms with Crippen LogP contribution in [0.1, 0.15) is 5.76 Å². The van der Waals surface area contributed by atoms with E-state index >= 15 is 0 Å². The van der Waals surface area contributed by atoms with Gasteiger partial charge in [0, 0.05) is 11.6 Å². The maximum Gasteiger partial charge on any atom is 0.573 e. The van der Waals surface area contributed by atoms with E-state index in [1.54, 1.807) is 12.1 Å². The van der Waals surface area contributed by atoms with Gasteiger partial charge in [0.1, 0.15) is 17.3 Å². The quantitative estimate of drug-likeness (QED) is 0.868. The van der Waals surface area contributed by atoms with E-state index in [0.29, 0.717) is 17.1 Å². The SMILES string of the molecule is O=C(O)/C=C/c1ccc(-c2ccc(OC(F)(F)F)cc2)o1. The fourth-order valence-corrected chi connectivity index (χ4v) is 1.57. The Morgan fingerprint density at radius 2 is 1.81 bits per heavy atom. The van der Waals surface area contributed by atoms with Crippen LogP contribution < -0.4 is 4.74 Å². The molecule has 1 aromatic heterocycles. The minimum Gasteiger partial charge on any atom is -0.478 e. The topological polar surface area (TPSA) is 59.7 Å². The molecular formula is C14H9F3O4. The first-order valence-corrected chi connectivity index (χ1v) is 5.70. The Hall–Kier alpha value is -2.70. The summed E-state index contributed by atoms with van der Waals surface area (Å²) in [4.78, 5) is 10.4. The summed E-state index contributed by atoms with van der Waals surface area (Å²) < 4.78 is 45.2. The zero-order chi connectivity index (χ0) is 15.5. The van der Waals surface area contributed by atoms with Crippen LogP contribution in [0.4, 0.5) is 13.2 Å². The molecule has 0 radical (unpaired) electrons. The van der Waals surface area contributed by atoms with Crippen molar-refractivity contribution in [2.75, 3.05) is 0 Å². The summed E-state index contributed by atoms with van der Waals surface area (Å²) in [6.07, 6.45) is -2.54. The Balaban J connectivity index is 2.14. The van der Waals surface area contributed by atoms with Gasteiger partial charge in [-0.25, -0.2) is 4.79 Å². The largest absolute Gasteiger partial charge is 0.573 e. The molecule has 110 valence electrons. The molecule has 1 aromatic carbocycles. The first-order chi connectivity index (χ1) is 9.83.